The molecule has 0 bridgehead atoms. The predicted octanol–water partition coefficient (Wildman–Crippen LogP) is 2.09. The molecule has 1 amide bonds. The van der Waals surface area contributed by atoms with Gasteiger partial charge in [0.2, 0.25) is 5.88 Å². The number of anilines is 1. The molecular weight excluding hydrogens is 364 g/mol. The van der Waals surface area contributed by atoms with E-state index in [0.717, 1.165) is 17.3 Å². The first-order valence-electron chi connectivity index (χ1n) is 8.60. The number of rotatable bonds is 4. The van der Waals surface area contributed by atoms with E-state index in [1.165, 1.54) is 0 Å². The highest BCUT2D eigenvalue weighted by Crippen LogP contribution is 2.29. The van der Waals surface area contributed by atoms with Gasteiger partial charge in [0.25, 0.3) is 5.91 Å². The van der Waals surface area contributed by atoms with Crippen LogP contribution in [0.2, 0.25) is 0 Å². The van der Waals surface area contributed by atoms with Crippen LogP contribution in [0.5, 0.6) is 5.88 Å². The van der Waals surface area contributed by atoms with E-state index in [4.69, 9.17) is 4.74 Å². The minimum atomic E-state index is -2.02. The molecule has 140 valence electrons. The first kappa shape index (κ1) is 17.5. The van der Waals surface area contributed by atoms with Gasteiger partial charge in [0.05, 0.1) is 16.7 Å². The van der Waals surface area contributed by atoms with E-state index in [1.807, 2.05) is 19.2 Å². The van der Waals surface area contributed by atoms with Gasteiger partial charge in [-0.2, -0.15) is 0 Å². The van der Waals surface area contributed by atoms with Gasteiger partial charge in [-0.1, -0.05) is 6.07 Å². The summed E-state index contributed by atoms with van der Waals surface area (Å²) in [5.74, 6) is 5.06. The minimum Gasteiger partial charge on any atom is -0.472 e. The van der Waals surface area contributed by atoms with E-state index >= 15 is 0 Å². The van der Waals surface area contributed by atoms with Gasteiger partial charge in [-0.05, 0) is 52.1 Å². The predicted molar refractivity (Wildman–Crippen MR) is 107 cm³/mol. The second-order valence-corrected chi connectivity index (χ2v) is 9.37. The maximum Gasteiger partial charge on any atom is 0.274 e. The lowest BCUT2D eigenvalue weighted by atomic mass is 10.2. The Hall–Kier alpha value is -2.87. The molecule has 3 heterocycles. The summed E-state index contributed by atoms with van der Waals surface area (Å²) >= 11 is 0. The van der Waals surface area contributed by atoms with Gasteiger partial charge in [-0.3, -0.25) is 18.7 Å². The number of hydrogen-bond donors (Lipinski definition) is 1. The topological polar surface area (TPSA) is 86.1 Å². The number of aryl methyl sites for hydroxylation is 1. The largest absolute Gasteiger partial charge is 0.472 e. The Morgan fingerprint density at radius 3 is 2.93 bits per heavy atom. The van der Waals surface area contributed by atoms with Crippen molar-refractivity contribution in [3.63, 3.8) is 0 Å². The smallest absolute Gasteiger partial charge is 0.274 e. The minimum absolute atomic E-state index is 0.128. The average molecular weight is 384 g/mol. The molecule has 2 unspecified atom stereocenters. The summed E-state index contributed by atoms with van der Waals surface area (Å²) in [5, 5.41) is 8.12. The molecule has 0 radical (unpaired) electrons. The van der Waals surface area contributed by atoms with Crippen molar-refractivity contribution in [2.75, 3.05) is 16.8 Å². The number of ether oxygens (including phenoxy) is 1. The third-order valence-corrected chi connectivity index (χ3v) is 6.51. The highest BCUT2D eigenvalue weighted by atomic mass is 32.2. The Labute approximate surface area is 157 Å². The molecule has 2 aromatic heterocycles. The van der Waals surface area contributed by atoms with Crippen LogP contribution in [0.1, 0.15) is 16.9 Å². The number of carbonyl (C=O) groups excluding carboxylic acids is 1. The molecule has 2 atom stereocenters. The molecule has 1 fully saturated rings. The van der Waals surface area contributed by atoms with E-state index in [0.29, 0.717) is 28.8 Å². The number of pyridine rings is 1. The van der Waals surface area contributed by atoms with Crippen LogP contribution in [0.15, 0.2) is 42.6 Å². The number of nitrogens with one attached hydrogen (secondary N) is 1. The summed E-state index contributed by atoms with van der Waals surface area (Å²) in [7, 11) is -0.203. The summed E-state index contributed by atoms with van der Waals surface area (Å²) in [5.41, 5.74) is 1.83. The fourth-order valence-electron chi connectivity index (χ4n) is 3.18. The number of benzene rings is 1. The summed E-state index contributed by atoms with van der Waals surface area (Å²) in [6, 6.07) is 10.7. The normalized spacial score (nSPS) is 22.0. The van der Waals surface area contributed by atoms with Gasteiger partial charge in [0.1, 0.15) is 11.8 Å². The fraction of sp³-hybridized carbons (Fsp3) is 0.263. The highest BCUT2D eigenvalue weighted by molar-refractivity contribution is 8.00. The van der Waals surface area contributed by atoms with Gasteiger partial charge in [-0.15, -0.1) is 5.10 Å². The van der Waals surface area contributed by atoms with Crippen LogP contribution in [0.3, 0.4) is 0 Å². The molecule has 1 aliphatic heterocycles. The van der Waals surface area contributed by atoms with Crippen LogP contribution in [0, 0.1) is 0 Å². The fourth-order valence-corrected chi connectivity index (χ4v) is 4.96. The third kappa shape index (κ3) is 3.66. The van der Waals surface area contributed by atoms with Crippen LogP contribution in [-0.2, 0) is 16.6 Å². The highest BCUT2D eigenvalue weighted by Gasteiger charge is 2.26. The van der Waals surface area contributed by atoms with Crippen molar-refractivity contribution in [2.24, 2.45) is 7.05 Å². The second-order valence-electron chi connectivity index (χ2n) is 6.70. The van der Waals surface area contributed by atoms with Crippen LogP contribution >= 0.6 is 0 Å². The Morgan fingerprint density at radius 1 is 1.37 bits per heavy atom. The molecule has 3 aromatic rings. The van der Waals surface area contributed by atoms with Crippen molar-refractivity contribution in [1.82, 2.24) is 14.8 Å². The molecule has 0 aliphatic carbocycles. The summed E-state index contributed by atoms with van der Waals surface area (Å²) in [4.78, 5) is 16.3. The van der Waals surface area contributed by atoms with Crippen molar-refractivity contribution in [3.8, 4) is 5.88 Å². The van der Waals surface area contributed by atoms with Crippen molar-refractivity contribution >= 4 is 37.9 Å². The zero-order chi connectivity index (χ0) is 19.0. The Balaban J connectivity index is 1.57. The van der Waals surface area contributed by atoms with Gasteiger partial charge >= 0.3 is 0 Å². The first-order chi connectivity index (χ1) is 12.9. The van der Waals surface area contributed by atoms with Crippen LogP contribution < -0.4 is 10.1 Å². The molecule has 4 rings (SSSR count). The Morgan fingerprint density at radius 2 is 2.22 bits per heavy atom. The standard InChI is InChI=1S/C19H20N4O3S/c1-23-17-11-13(21-18(24)16-5-3-4-9-20-16)6-7-15(17)19(22-23)26-14-8-10-27(2,25)12-14/h3-7,9,11,14H,2,8,10,12H2,1H3,(H,21,24). The molecule has 0 saturated carbocycles. The van der Waals surface area contributed by atoms with Gasteiger partial charge in [-0.25, -0.2) is 0 Å². The lowest BCUT2D eigenvalue weighted by Crippen LogP contribution is -2.18. The number of amides is 1. The van der Waals surface area contributed by atoms with Gasteiger partial charge < -0.3 is 10.1 Å². The van der Waals surface area contributed by atoms with Crippen LogP contribution in [0.25, 0.3) is 10.9 Å². The SMILES string of the molecule is C=S1(=O)CCC(Oc2nn(C)c3cc(NC(=O)c4ccccn4)ccc23)C1. The van der Waals surface area contributed by atoms with Crippen LogP contribution in [-0.4, -0.2) is 48.4 Å². The van der Waals surface area contributed by atoms with Gasteiger partial charge in [0, 0.05) is 24.7 Å². The third-order valence-electron chi connectivity index (χ3n) is 4.55. The molecule has 27 heavy (non-hydrogen) atoms. The Bertz CT molecular complexity index is 1110. The van der Waals surface area contributed by atoms with Crippen molar-refractivity contribution in [2.45, 2.75) is 12.5 Å². The van der Waals surface area contributed by atoms with E-state index in [-0.39, 0.29) is 12.0 Å². The molecule has 1 N–H and O–H groups in total. The number of carbonyl (C=O) groups is 1. The molecule has 0 spiro atoms. The van der Waals surface area contributed by atoms with Crippen LogP contribution in [0.4, 0.5) is 5.69 Å². The number of aromatic nitrogens is 3. The zero-order valence-electron chi connectivity index (χ0n) is 14.9. The quantitative estimate of drug-likeness (QED) is 0.696. The average Bonchev–Trinajstić information content (AvgIpc) is 3.15. The summed E-state index contributed by atoms with van der Waals surface area (Å²) in [6.45, 7) is 0. The second kappa shape index (κ2) is 6.70. The van der Waals surface area contributed by atoms with Crippen molar-refractivity contribution in [3.05, 3.63) is 48.3 Å². The molecule has 1 aromatic carbocycles. The first-order valence-corrected chi connectivity index (χ1v) is 10.7. The van der Waals surface area contributed by atoms with E-state index in [9.17, 15) is 9.00 Å². The lowest BCUT2D eigenvalue weighted by Gasteiger charge is -2.10. The molecule has 8 heteroatoms. The molecule has 7 nitrogen and oxygen atoms in total. The van der Waals surface area contributed by atoms with Gasteiger partial charge in [0.15, 0.2) is 0 Å². The van der Waals surface area contributed by atoms with E-state index in [2.05, 4.69) is 21.3 Å². The Kier molecular flexibility index (Phi) is 4.35. The maximum atomic E-state index is 12.3. The van der Waals surface area contributed by atoms with Crippen molar-refractivity contribution in [1.29, 1.82) is 0 Å². The monoisotopic (exact) mass is 384 g/mol. The molecule has 1 aliphatic rings. The van der Waals surface area contributed by atoms with E-state index < -0.39 is 9.52 Å². The number of hydrogen-bond acceptors (Lipinski definition) is 5. The number of fused-ring (bicyclic) bond motifs is 1. The summed E-state index contributed by atoms with van der Waals surface area (Å²) < 4.78 is 19.8. The molecular formula is C19H20N4O3S. The van der Waals surface area contributed by atoms with Crippen molar-refractivity contribution < 1.29 is 13.7 Å². The maximum absolute atomic E-state index is 12.3. The zero-order valence-corrected chi connectivity index (χ0v) is 15.7. The summed E-state index contributed by atoms with van der Waals surface area (Å²) in [6.07, 6.45) is 2.17. The number of nitrogens with zero attached hydrogens (tertiary/aromatic N) is 3. The van der Waals surface area contributed by atoms with E-state index in [1.54, 1.807) is 35.1 Å². The lowest BCUT2D eigenvalue weighted by molar-refractivity contribution is 0.102. The molecule has 1 saturated heterocycles.